The molecule has 0 radical (unpaired) electrons. The topological polar surface area (TPSA) is 67.5 Å². The molecule has 0 aliphatic carbocycles. The van der Waals surface area contributed by atoms with Crippen LogP contribution in [0.4, 0.5) is 0 Å². The zero-order chi connectivity index (χ0) is 10.3. The number of carbonyl (C=O) groups is 1. The van der Waals surface area contributed by atoms with Crippen molar-refractivity contribution in [3.05, 3.63) is 24.2 Å². The molecular formula is C9H15N3O. The minimum Gasteiger partial charge on any atom is -0.399 e. The SMILES string of the molecule is C=N/C(=C\C(=C)N)NC(=O)CCC. The van der Waals surface area contributed by atoms with Crippen LogP contribution in [0.25, 0.3) is 0 Å². The molecule has 0 unspecified atom stereocenters. The highest BCUT2D eigenvalue weighted by Gasteiger charge is 2.00. The van der Waals surface area contributed by atoms with Crippen LogP contribution in [0.3, 0.4) is 0 Å². The van der Waals surface area contributed by atoms with Gasteiger partial charge in [-0.3, -0.25) is 4.79 Å². The van der Waals surface area contributed by atoms with Gasteiger partial charge < -0.3 is 11.1 Å². The molecule has 4 nitrogen and oxygen atoms in total. The van der Waals surface area contributed by atoms with Gasteiger partial charge in [-0.1, -0.05) is 13.5 Å². The highest BCUT2D eigenvalue weighted by Crippen LogP contribution is 1.95. The quantitative estimate of drug-likeness (QED) is 0.489. The van der Waals surface area contributed by atoms with Crippen LogP contribution in [-0.2, 0) is 4.79 Å². The maximum atomic E-state index is 11.1. The van der Waals surface area contributed by atoms with Crippen molar-refractivity contribution in [2.45, 2.75) is 19.8 Å². The van der Waals surface area contributed by atoms with E-state index < -0.39 is 0 Å². The molecule has 3 N–H and O–H groups in total. The van der Waals surface area contributed by atoms with E-state index in [1.165, 1.54) is 6.08 Å². The van der Waals surface area contributed by atoms with Crippen molar-refractivity contribution in [2.24, 2.45) is 10.7 Å². The Morgan fingerprint density at radius 3 is 2.69 bits per heavy atom. The number of aliphatic imine (C=N–C) groups is 1. The van der Waals surface area contributed by atoms with E-state index in [4.69, 9.17) is 5.73 Å². The minimum absolute atomic E-state index is 0.0950. The molecule has 0 heterocycles. The van der Waals surface area contributed by atoms with Gasteiger partial charge in [0.15, 0.2) is 0 Å². The molecule has 0 aromatic carbocycles. The smallest absolute Gasteiger partial charge is 0.225 e. The summed E-state index contributed by atoms with van der Waals surface area (Å²) in [5.74, 6) is 0.244. The summed E-state index contributed by atoms with van der Waals surface area (Å²) in [5.41, 5.74) is 5.64. The van der Waals surface area contributed by atoms with E-state index in [1.807, 2.05) is 6.92 Å². The maximum Gasteiger partial charge on any atom is 0.225 e. The molecule has 4 heteroatoms. The molecular weight excluding hydrogens is 166 g/mol. The predicted molar refractivity (Wildman–Crippen MR) is 54.0 cm³/mol. The highest BCUT2D eigenvalue weighted by molar-refractivity contribution is 5.77. The zero-order valence-electron chi connectivity index (χ0n) is 7.84. The van der Waals surface area contributed by atoms with E-state index in [0.717, 1.165) is 6.42 Å². The van der Waals surface area contributed by atoms with Gasteiger partial charge in [0, 0.05) is 18.2 Å². The summed E-state index contributed by atoms with van der Waals surface area (Å²) in [7, 11) is 0. The van der Waals surface area contributed by atoms with E-state index in [1.54, 1.807) is 0 Å². The lowest BCUT2D eigenvalue weighted by atomic mass is 10.3. The van der Waals surface area contributed by atoms with Crippen LogP contribution in [0.15, 0.2) is 29.2 Å². The Kier molecular flexibility index (Phi) is 5.27. The number of rotatable bonds is 5. The summed E-state index contributed by atoms with van der Waals surface area (Å²) in [6, 6.07) is 0. The van der Waals surface area contributed by atoms with Crippen LogP contribution in [-0.4, -0.2) is 12.6 Å². The third kappa shape index (κ3) is 5.66. The first-order valence-electron chi connectivity index (χ1n) is 4.02. The number of nitrogens with two attached hydrogens (primary N) is 1. The Bertz CT molecular complexity index is 243. The molecule has 0 aliphatic heterocycles. The standard InChI is InChI=1S/C9H15N3O/c1-4-5-9(13)12-8(11-3)6-7(2)10/h6H,2-5,10H2,1H3,(H,12,13)/b8-6+. The molecule has 0 rings (SSSR count). The van der Waals surface area contributed by atoms with Crippen molar-refractivity contribution in [2.75, 3.05) is 0 Å². The fourth-order valence-corrected chi connectivity index (χ4v) is 0.729. The molecule has 1 amide bonds. The summed E-state index contributed by atoms with van der Waals surface area (Å²) in [4.78, 5) is 14.7. The molecule has 0 aromatic heterocycles. The fraction of sp³-hybridized carbons (Fsp3) is 0.333. The molecule has 0 spiro atoms. The fourth-order valence-electron chi connectivity index (χ4n) is 0.729. The molecule has 0 bridgehead atoms. The maximum absolute atomic E-state index is 11.1. The van der Waals surface area contributed by atoms with Gasteiger partial charge in [0.2, 0.25) is 5.91 Å². The number of nitrogens with zero attached hydrogens (tertiary/aromatic N) is 1. The van der Waals surface area contributed by atoms with Crippen molar-refractivity contribution in [3.63, 3.8) is 0 Å². The number of nitrogens with one attached hydrogen (secondary N) is 1. The Morgan fingerprint density at radius 2 is 2.31 bits per heavy atom. The van der Waals surface area contributed by atoms with Crippen molar-refractivity contribution in [1.82, 2.24) is 5.32 Å². The van der Waals surface area contributed by atoms with E-state index in [0.29, 0.717) is 17.9 Å². The molecule has 0 fully saturated rings. The van der Waals surface area contributed by atoms with E-state index >= 15 is 0 Å². The third-order valence-electron chi connectivity index (χ3n) is 1.24. The Morgan fingerprint density at radius 1 is 1.69 bits per heavy atom. The normalized spacial score (nSPS) is 10.7. The Balaban J connectivity index is 4.21. The lowest BCUT2D eigenvalue weighted by Crippen LogP contribution is -2.21. The molecule has 0 atom stereocenters. The van der Waals surface area contributed by atoms with E-state index in [9.17, 15) is 4.79 Å². The van der Waals surface area contributed by atoms with E-state index in [-0.39, 0.29) is 5.91 Å². The van der Waals surface area contributed by atoms with Crippen LogP contribution < -0.4 is 11.1 Å². The first kappa shape index (κ1) is 11.4. The number of amides is 1. The second-order valence-electron chi connectivity index (χ2n) is 2.56. The van der Waals surface area contributed by atoms with Crippen LogP contribution in [0, 0.1) is 0 Å². The third-order valence-corrected chi connectivity index (χ3v) is 1.24. The average molecular weight is 181 g/mol. The number of carbonyl (C=O) groups excluding carboxylic acids is 1. The monoisotopic (exact) mass is 181 g/mol. The largest absolute Gasteiger partial charge is 0.399 e. The lowest BCUT2D eigenvalue weighted by Gasteiger charge is -2.03. The summed E-state index contributed by atoms with van der Waals surface area (Å²) >= 11 is 0. The van der Waals surface area contributed by atoms with Crippen molar-refractivity contribution >= 4 is 12.6 Å². The average Bonchev–Trinajstić information content (AvgIpc) is 2.02. The van der Waals surface area contributed by atoms with E-state index in [2.05, 4.69) is 23.6 Å². The van der Waals surface area contributed by atoms with Gasteiger partial charge in [0.25, 0.3) is 0 Å². The van der Waals surface area contributed by atoms with Gasteiger partial charge in [-0.25, -0.2) is 4.99 Å². The number of hydrogen-bond donors (Lipinski definition) is 2. The van der Waals surface area contributed by atoms with Crippen molar-refractivity contribution in [3.8, 4) is 0 Å². The second kappa shape index (κ2) is 5.99. The molecule has 0 aliphatic rings. The van der Waals surface area contributed by atoms with Crippen LogP contribution in [0.5, 0.6) is 0 Å². The van der Waals surface area contributed by atoms with Gasteiger partial charge >= 0.3 is 0 Å². The summed E-state index contributed by atoms with van der Waals surface area (Å²) in [6.45, 7) is 8.68. The van der Waals surface area contributed by atoms with Gasteiger partial charge in [0.05, 0.1) is 0 Å². The lowest BCUT2D eigenvalue weighted by molar-refractivity contribution is -0.120. The molecule has 13 heavy (non-hydrogen) atoms. The van der Waals surface area contributed by atoms with Gasteiger partial charge in [-0.15, -0.1) is 0 Å². The molecule has 0 saturated heterocycles. The molecule has 0 saturated carbocycles. The summed E-state index contributed by atoms with van der Waals surface area (Å²) in [6.07, 6.45) is 2.71. The minimum atomic E-state index is -0.0950. The van der Waals surface area contributed by atoms with Crippen molar-refractivity contribution in [1.29, 1.82) is 0 Å². The van der Waals surface area contributed by atoms with Crippen LogP contribution >= 0.6 is 0 Å². The summed E-state index contributed by atoms with van der Waals surface area (Å²) < 4.78 is 0. The molecule has 72 valence electrons. The molecule has 0 aromatic rings. The first-order valence-corrected chi connectivity index (χ1v) is 4.02. The second-order valence-corrected chi connectivity index (χ2v) is 2.56. The van der Waals surface area contributed by atoms with Crippen LogP contribution in [0.1, 0.15) is 19.8 Å². The predicted octanol–water partition coefficient (Wildman–Crippen LogP) is 0.917. The van der Waals surface area contributed by atoms with Crippen LogP contribution in [0.2, 0.25) is 0 Å². The van der Waals surface area contributed by atoms with Gasteiger partial charge in [-0.2, -0.15) is 0 Å². The number of allylic oxidation sites excluding steroid dienone is 1. The zero-order valence-corrected chi connectivity index (χ0v) is 7.84. The van der Waals surface area contributed by atoms with Crippen molar-refractivity contribution < 1.29 is 4.79 Å². The number of hydrogen-bond acceptors (Lipinski definition) is 3. The Hall–Kier alpha value is -1.58. The summed E-state index contributed by atoms with van der Waals surface area (Å²) in [5, 5.41) is 2.55. The highest BCUT2D eigenvalue weighted by atomic mass is 16.1. The van der Waals surface area contributed by atoms with Gasteiger partial charge in [-0.05, 0) is 13.1 Å². The van der Waals surface area contributed by atoms with Gasteiger partial charge in [0.1, 0.15) is 5.82 Å². The first-order chi connectivity index (χ1) is 6.10. The Labute approximate surface area is 78.2 Å².